The molecule has 2 amide bonds. The van der Waals surface area contributed by atoms with E-state index in [-0.39, 0.29) is 23.6 Å². The van der Waals surface area contributed by atoms with E-state index in [1.165, 1.54) is 6.42 Å². The lowest BCUT2D eigenvalue weighted by Gasteiger charge is -2.41. The average molecular weight is 381 g/mol. The number of carbonyl (C=O) groups excluding carboxylic acids is 2. The van der Waals surface area contributed by atoms with Gasteiger partial charge in [0.1, 0.15) is 0 Å². The Morgan fingerprint density at radius 1 is 0.926 bits per heavy atom. The van der Waals surface area contributed by atoms with Crippen molar-refractivity contribution in [2.75, 3.05) is 6.61 Å². The Balaban J connectivity index is 1.96. The summed E-state index contributed by atoms with van der Waals surface area (Å²) >= 11 is 0. The molecule has 2 N–H and O–H groups in total. The van der Waals surface area contributed by atoms with Gasteiger partial charge < -0.3 is 15.4 Å². The van der Waals surface area contributed by atoms with Crippen molar-refractivity contribution < 1.29 is 14.3 Å². The van der Waals surface area contributed by atoms with Crippen LogP contribution in [0.15, 0.2) is 0 Å². The van der Waals surface area contributed by atoms with Gasteiger partial charge in [-0.25, -0.2) is 0 Å². The van der Waals surface area contributed by atoms with Crippen molar-refractivity contribution in [1.82, 2.24) is 10.6 Å². The van der Waals surface area contributed by atoms with Crippen LogP contribution in [0.5, 0.6) is 0 Å². The normalized spacial score (nSPS) is 32.0. The standard InChI is InChI=1S/C22H40N2O3/c1-6-15-10-8-9-11-17(15)23-20(25)21(26)24-18-14-16(22(3,4)5)12-13-19(18)27-7-2/h15-19H,6-14H2,1-5H3,(H,23,25)(H,24,26). The topological polar surface area (TPSA) is 67.4 Å². The minimum Gasteiger partial charge on any atom is -0.376 e. The molecule has 5 unspecified atom stereocenters. The molecular weight excluding hydrogens is 340 g/mol. The van der Waals surface area contributed by atoms with Crippen LogP contribution in [0.25, 0.3) is 0 Å². The summed E-state index contributed by atoms with van der Waals surface area (Å²) < 4.78 is 5.88. The first-order valence-electron chi connectivity index (χ1n) is 11.0. The summed E-state index contributed by atoms with van der Waals surface area (Å²) in [6, 6.07) is 0.0490. The highest BCUT2D eigenvalue weighted by molar-refractivity contribution is 6.35. The van der Waals surface area contributed by atoms with Crippen molar-refractivity contribution in [3.63, 3.8) is 0 Å². The fraction of sp³-hybridized carbons (Fsp3) is 0.909. The Morgan fingerprint density at radius 3 is 2.15 bits per heavy atom. The van der Waals surface area contributed by atoms with Crippen LogP contribution in [0.1, 0.15) is 86.0 Å². The van der Waals surface area contributed by atoms with E-state index in [0.29, 0.717) is 18.4 Å². The Kier molecular flexibility index (Phi) is 8.14. The van der Waals surface area contributed by atoms with E-state index in [0.717, 1.165) is 44.9 Å². The number of rotatable bonds is 5. The van der Waals surface area contributed by atoms with Crippen molar-refractivity contribution in [2.24, 2.45) is 17.3 Å². The molecule has 2 fully saturated rings. The van der Waals surface area contributed by atoms with Gasteiger partial charge >= 0.3 is 11.8 Å². The molecule has 0 aromatic carbocycles. The monoisotopic (exact) mass is 380 g/mol. The van der Waals surface area contributed by atoms with E-state index in [2.05, 4.69) is 38.3 Å². The number of ether oxygens (including phenoxy) is 1. The van der Waals surface area contributed by atoms with Gasteiger partial charge in [0.2, 0.25) is 0 Å². The lowest BCUT2D eigenvalue weighted by Crippen LogP contribution is -2.55. The van der Waals surface area contributed by atoms with Crippen molar-refractivity contribution in [3.05, 3.63) is 0 Å². The minimum absolute atomic E-state index is 0.00317. The molecule has 0 radical (unpaired) electrons. The summed E-state index contributed by atoms with van der Waals surface area (Å²) in [5.74, 6) is 0.0326. The first-order valence-corrected chi connectivity index (χ1v) is 11.0. The Hall–Kier alpha value is -1.10. The maximum Gasteiger partial charge on any atom is 0.309 e. The predicted octanol–water partition coefficient (Wildman–Crippen LogP) is 3.81. The van der Waals surface area contributed by atoms with Gasteiger partial charge in [0.05, 0.1) is 12.1 Å². The lowest BCUT2D eigenvalue weighted by molar-refractivity contribution is -0.141. The smallest absolute Gasteiger partial charge is 0.309 e. The van der Waals surface area contributed by atoms with Crippen molar-refractivity contribution in [1.29, 1.82) is 0 Å². The molecule has 2 aliphatic carbocycles. The molecule has 156 valence electrons. The third-order valence-corrected chi connectivity index (χ3v) is 6.67. The third kappa shape index (κ3) is 6.20. The molecule has 2 rings (SSSR count). The Bertz CT molecular complexity index is 500. The van der Waals surface area contributed by atoms with E-state index in [1.807, 2.05) is 6.92 Å². The highest BCUT2D eigenvalue weighted by Gasteiger charge is 2.38. The van der Waals surface area contributed by atoms with E-state index in [1.54, 1.807) is 0 Å². The summed E-state index contributed by atoms with van der Waals surface area (Å²) in [4.78, 5) is 25.1. The van der Waals surface area contributed by atoms with Crippen LogP contribution in [0.3, 0.4) is 0 Å². The summed E-state index contributed by atoms with van der Waals surface area (Å²) in [6.07, 6.45) is 8.44. The summed E-state index contributed by atoms with van der Waals surface area (Å²) in [5, 5.41) is 6.01. The predicted molar refractivity (Wildman–Crippen MR) is 108 cm³/mol. The summed E-state index contributed by atoms with van der Waals surface area (Å²) in [7, 11) is 0. The quantitative estimate of drug-likeness (QED) is 0.713. The van der Waals surface area contributed by atoms with Gasteiger partial charge in [0.15, 0.2) is 0 Å². The molecular formula is C22H40N2O3. The van der Waals surface area contributed by atoms with Gasteiger partial charge in [-0.3, -0.25) is 9.59 Å². The van der Waals surface area contributed by atoms with Crippen molar-refractivity contribution in [3.8, 4) is 0 Å². The molecule has 0 aliphatic heterocycles. The molecule has 5 nitrogen and oxygen atoms in total. The highest BCUT2D eigenvalue weighted by atomic mass is 16.5. The summed E-state index contributed by atoms with van der Waals surface area (Å²) in [5.41, 5.74) is 0.193. The maximum atomic E-state index is 12.6. The number of amides is 2. The fourth-order valence-corrected chi connectivity index (χ4v) is 4.85. The minimum atomic E-state index is -0.500. The van der Waals surface area contributed by atoms with Gasteiger partial charge in [-0.05, 0) is 56.3 Å². The van der Waals surface area contributed by atoms with Crippen LogP contribution in [0.4, 0.5) is 0 Å². The molecule has 0 saturated heterocycles. The zero-order valence-electron chi connectivity index (χ0n) is 18.0. The third-order valence-electron chi connectivity index (χ3n) is 6.67. The summed E-state index contributed by atoms with van der Waals surface area (Å²) in [6.45, 7) is 11.5. The largest absolute Gasteiger partial charge is 0.376 e. The molecule has 0 heterocycles. The van der Waals surface area contributed by atoms with Crippen LogP contribution in [0, 0.1) is 17.3 Å². The molecule has 27 heavy (non-hydrogen) atoms. The molecule has 0 aromatic heterocycles. The number of carbonyl (C=O) groups is 2. The second kappa shape index (κ2) is 9.90. The van der Waals surface area contributed by atoms with Crippen LogP contribution >= 0.6 is 0 Å². The molecule has 2 saturated carbocycles. The first-order chi connectivity index (χ1) is 12.8. The zero-order chi connectivity index (χ0) is 20.0. The molecule has 0 spiro atoms. The van der Waals surface area contributed by atoms with E-state index >= 15 is 0 Å². The Labute approximate surface area is 165 Å². The second-order valence-corrected chi connectivity index (χ2v) is 9.48. The van der Waals surface area contributed by atoms with Crippen LogP contribution in [-0.2, 0) is 14.3 Å². The molecule has 5 atom stereocenters. The number of hydrogen-bond acceptors (Lipinski definition) is 3. The lowest BCUT2D eigenvalue weighted by atomic mass is 9.70. The maximum absolute atomic E-state index is 12.6. The Morgan fingerprint density at radius 2 is 1.56 bits per heavy atom. The van der Waals surface area contributed by atoms with Crippen LogP contribution < -0.4 is 10.6 Å². The van der Waals surface area contributed by atoms with Gasteiger partial charge in [-0.15, -0.1) is 0 Å². The highest BCUT2D eigenvalue weighted by Crippen LogP contribution is 2.38. The van der Waals surface area contributed by atoms with Crippen LogP contribution in [-0.4, -0.2) is 36.6 Å². The SMILES string of the molecule is CCOC1CCC(C(C)(C)C)CC1NC(=O)C(=O)NC1CCCCC1CC. The number of hydrogen-bond donors (Lipinski definition) is 2. The molecule has 2 aliphatic rings. The molecule has 5 heteroatoms. The van der Waals surface area contributed by atoms with Gasteiger partial charge in [0.25, 0.3) is 0 Å². The second-order valence-electron chi connectivity index (χ2n) is 9.48. The van der Waals surface area contributed by atoms with E-state index in [9.17, 15) is 9.59 Å². The van der Waals surface area contributed by atoms with Gasteiger partial charge in [-0.2, -0.15) is 0 Å². The van der Waals surface area contributed by atoms with E-state index in [4.69, 9.17) is 4.74 Å². The van der Waals surface area contributed by atoms with Crippen molar-refractivity contribution >= 4 is 11.8 Å². The van der Waals surface area contributed by atoms with E-state index < -0.39 is 11.8 Å². The van der Waals surface area contributed by atoms with Gasteiger partial charge in [-0.1, -0.05) is 47.0 Å². The van der Waals surface area contributed by atoms with Crippen LogP contribution in [0.2, 0.25) is 0 Å². The van der Waals surface area contributed by atoms with Gasteiger partial charge in [0, 0.05) is 12.6 Å². The number of nitrogens with one attached hydrogen (secondary N) is 2. The average Bonchev–Trinajstić information content (AvgIpc) is 2.62. The fourth-order valence-electron chi connectivity index (χ4n) is 4.85. The zero-order valence-corrected chi connectivity index (χ0v) is 18.0. The van der Waals surface area contributed by atoms with Crippen molar-refractivity contribution in [2.45, 2.75) is 104 Å². The first kappa shape index (κ1) is 22.2. The molecule has 0 aromatic rings. The molecule has 0 bridgehead atoms.